The highest BCUT2D eigenvalue weighted by Crippen LogP contribution is 2.51. The zero-order chi connectivity index (χ0) is 34.4. The molecule has 1 N–H and O–H groups in total. The lowest BCUT2D eigenvalue weighted by atomic mass is 9.86. The Morgan fingerprint density at radius 3 is 2.29 bits per heavy atom. The van der Waals surface area contributed by atoms with Gasteiger partial charge in [-0.2, -0.15) is 0 Å². The average Bonchev–Trinajstić information content (AvgIpc) is 3.08. The standard InChI is InChI=1S/C39H41ClN2O7/c1-41-14-12-26-20-35(47-5)38(40)39-37(26)29(41)16-24-8-11-31(45-3)33(18-24)48-27-9-6-23(7-10-27)17-30-28-21-34(49-39)32(46-4)19-25(28)13-15-42(30,2)22-36(43)44/h6-11,18-21,29-30H,12-17,22H2,1-5H3/p+1. The molecule has 49 heavy (non-hydrogen) atoms. The van der Waals surface area contributed by atoms with E-state index in [2.05, 4.69) is 30.1 Å². The summed E-state index contributed by atoms with van der Waals surface area (Å²) in [5.41, 5.74) is 6.40. The number of halogens is 1. The predicted octanol–water partition coefficient (Wildman–Crippen LogP) is 7.41. The van der Waals surface area contributed by atoms with Crippen molar-refractivity contribution in [3.63, 3.8) is 0 Å². The summed E-state index contributed by atoms with van der Waals surface area (Å²) >= 11 is 7.15. The summed E-state index contributed by atoms with van der Waals surface area (Å²) in [5.74, 6) is 3.31. The predicted molar refractivity (Wildman–Crippen MR) is 187 cm³/mol. The largest absolute Gasteiger partial charge is 0.495 e. The Morgan fingerprint density at radius 2 is 1.57 bits per heavy atom. The Balaban J connectivity index is 1.47. The van der Waals surface area contributed by atoms with Crippen LogP contribution < -0.4 is 23.7 Å². The summed E-state index contributed by atoms with van der Waals surface area (Å²) in [4.78, 5) is 14.6. The second-order valence-corrected chi connectivity index (χ2v) is 13.9. The van der Waals surface area contributed by atoms with Gasteiger partial charge < -0.3 is 33.3 Å². The number of rotatable bonds is 5. The maximum Gasteiger partial charge on any atom is 0.359 e. The van der Waals surface area contributed by atoms with E-state index in [-0.39, 0.29) is 18.6 Å². The monoisotopic (exact) mass is 685 g/mol. The lowest BCUT2D eigenvalue weighted by molar-refractivity contribution is -0.934. The summed E-state index contributed by atoms with van der Waals surface area (Å²) in [7, 11) is 9.05. The Kier molecular flexibility index (Phi) is 8.85. The van der Waals surface area contributed by atoms with Gasteiger partial charge in [0.1, 0.15) is 22.6 Å². The highest BCUT2D eigenvalue weighted by atomic mass is 35.5. The maximum atomic E-state index is 12.2. The molecule has 0 amide bonds. The molecule has 3 unspecified atom stereocenters. The summed E-state index contributed by atoms with van der Waals surface area (Å²) in [6.45, 7) is 1.51. The van der Waals surface area contributed by atoms with Crippen molar-refractivity contribution in [2.75, 3.05) is 55.1 Å². The number of ether oxygens (including phenoxy) is 5. The number of likely N-dealkylation sites (N-methyl/N-ethyl adjacent to an activating group) is 2. The molecule has 0 radical (unpaired) electrons. The van der Waals surface area contributed by atoms with Crippen molar-refractivity contribution in [1.82, 2.24) is 4.90 Å². The third-order valence-corrected chi connectivity index (χ3v) is 10.9. The second-order valence-electron chi connectivity index (χ2n) is 13.5. The molecule has 4 heterocycles. The van der Waals surface area contributed by atoms with E-state index >= 15 is 0 Å². The van der Waals surface area contributed by atoms with Gasteiger partial charge in [-0.1, -0.05) is 29.8 Å². The van der Waals surface area contributed by atoms with Gasteiger partial charge in [-0.25, -0.2) is 4.79 Å². The van der Waals surface area contributed by atoms with Crippen molar-refractivity contribution >= 4 is 17.6 Å². The number of fused-ring (bicyclic) bond motifs is 2. The van der Waals surface area contributed by atoms with Crippen LogP contribution in [0.4, 0.5) is 0 Å². The van der Waals surface area contributed by atoms with Crippen LogP contribution in [0.25, 0.3) is 0 Å². The molecule has 4 aromatic rings. The number of carboxylic acids is 1. The lowest BCUT2D eigenvalue weighted by Crippen LogP contribution is -2.54. The first-order chi connectivity index (χ1) is 23.6. The topological polar surface area (TPSA) is 86.7 Å². The van der Waals surface area contributed by atoms with Crippen LogP contribution in [0, 0.1) is 0 Å². The SMILES string of the molecule is COc1ccc2cc1Oc1ccc(cc1)CC1c3cc(c(OC)cc3CC[N+]1(C)CC(=O)O)Oc1c(Cl)c(OC)cc3c1C(C2)N(C)CC3. The van der Waals surface area contributed by atoms with Crippen LogP contribution in [0.2, 0.25) is 5.02 Å². The fourth-order valence-electron chi connectivity index (χ4n) is 7.81. The highest BCUT2D eigenvalue weighted by Gasteiger charge is 2.42. The number of aliphatic carboxylic acids is 1. The van der Waals surface area contributed by atoms with Gasteiger partial charge in [-0.15, -0.1) is 0 Å². The Hall–Kier alpha value is -4.44. The molecule has 4 aromatic carbocycles. The van der Waals surface area contributed by atoms with E-state index in [1.165, 1.54) is 0 Å². The molecule has 256 valence electrons. The summed E-state index contributed by atoms with van der Waals surface area (Å²) in [6, 6.07) is 19.9. The number of nitrogens with zero attached hydrogens (tertiary/aromatic N) is 2. The number of methoxy groups -OCH3 is 3. The lowest BCUT2D eigenvalue weighted by Gasteiger charge is -2.45. The molecule has 4 aliphatic heterocycles. The van der Waals surface area contributed by atoms with Gasteiger partial charge in [0, 0.05) is 36.6 Å². The summed E-state index contributed by atoms with van der Waals surface area (Å²) in [6.07, 6.45) is 2.79. The van der Waals surface area contributed by atoms with Crippen LogP contribution in [0.5, 0.6) is 40.2 Å². The third kappa shape index (κ3) is 6.16. The molecule has 0 spiro atoms. The molecule has 4 aliphatic rings. The minimum absolute atomic E-state index is 0.00705. The minimum Gasteiger partial charge on any atom is -0.495 e. The molecule has 9 nitrogen and oxygen atoms in total. The number of quaternary nitrogens is 1. The molecule has 0 saturated carbocycles. The van der Waals surface area contributed by atoms with Crippen LogP contribution in [0.15, 0.2) is 60.7 Å². The minimum atomic E-state index is -0.833. The fraction of sp³-hybridized carbons (Fsp3) is 0.359. The normalized spacial score (nSPS) is 21.3. The van der Waals surface area contributed by atoms with Gasteiger partial charge in [0.2, 0.25) is 0 Å². The molecule has 0 saturated heterocycles. The molecule has 0 fully saturated rings. The smallest absolute Gasteiger partial charge is 0.359 e. The van der Waals surface area contributed by atoms with Crippen molar-refractivity contribution < 1.29 is 38.1 Å². The van der Waals surface area contributed by atoms with Gasteiger partial charge in [-0.05, 0) is 84.6 Å². The number of carboxylic acid groups (broad SMARTS) is 1. The van der Waals surface area contributed by atoms with Gasteiger partial charge in [0.15, 0.2) is 35.3 Å². The summed E-state index contributed by atoms with van der Waals surface area (Å²) < 4.78 is 31.1. The van der Waals surface area contributed by atoms with Crippen LogP contribution >= 0.6 is 11.6 Å². The first-order valence-electron chi connectivity index (χ1n) is 16.6. The van der Waals surface area contributed by atoms with Crippen LogP contribution in [0.3, 0.4) is 0 Å². The van der Waals surface area contributed by atoms with E-state index in [9.17, 15) is 9.90 Å². The Morgan fingerprint density at radius 1 is 0.878 bits per heavy atom. The van der Waals surface area contributed by atoms with Crippen LogP contribution in [-0.4, -0.2) is 75.5 Å². The van der Waals surface area contributed by atoms with E-state index in [0.29, 0.717) is 75.6 Å². The first kappa shape index (κ1) is 33.1. The van der Waals surface area contributed by atoms with E-state index in [4.69, 9.17) is 35.3 Å². The zero-order valence-corrected chi connectivity index (χ0v) is 29.3. The number of hydrogen-bond donors (Lipinski definition) is 1. The van der Waals surface area contributed by atoms with Gasteiger partial charge in [0.25, 0.3) is 0 Å². The molecule has 3 atom stereocenters. The van der Waals surface area contributed by atoms with Crippen molar-refractivity contribution in [3.05, 3.63) is 99.1 Å². The Labute approximate surface area is 292 Å². The molecule has 0 aromatic heterocycles. The number of hydrogen-bond acceptors (Lipinski definition) is 7. The summed E-state index contributed by atoms with van der Waals surface area (Å²) in [5, 5.41) is 10.4. The van der Waals surface area contributed by atoms with Crippen LogP contribution in [-0.2, 0) is 30.5 Å². The highest BCUT2D eigenvalue weighted by molar-refractivity contribution is 6.33. The molecule has 10 heteroatoms. The third-order valence-electron chi connectivity index (χ3n) is 10.5. The van der Waals surface area contributed by atoms with Gasteiger partial charge in [-0.3, -0.25) is 4.90 Å². The molecular formula is C39H42ClN2O7+. The van der Waals surface area contributed by atoms with Crippen molar-refractivity contribution in [3.8, 4) is 40.2 Å². The molecule has 8 rings (SSSR count). The molecule has 6 bridgehead atoms. The van der Waals surface area contributed by atoms with Gasteiger partial charge >= 0.3 is 5.97 Å². The van der Waals surface area contributed by atoms with E-state index in [0.717, 1.165) is 46.3 Å². The second kappa shape index (κ2) is 13.1. The van der Waals surface area contributed by atoms with Crippen molar-refractivity contribution in [1.29, 1.82) is 0 Å². The van der Waals surface area contributed by atoms with E-state index in [1.54, 1.807) is 21.3 Å². The fourth-order valence-corrected chi connectivity index (χ4v) is 8.08. The number of benzene rings is 4. The van der Waals surface area contributed by atoms with E-state index in [1.807, 2.05) is 49.5 Å². The molecular weight excluding hydrogens is 644 g/mol. The maximum absolute atomic E-state index is 12.2. The van der Waals surface area contributed by atoms with Crippen molar-refractivity contribution in [2.45, 2.75) is 37.8 Å². The zero-order valence-electron chi connectivity index (χ0n) is 28.5. The van der Waals surface area contributed by atoms with Crippen molar-refractivity contribution in [2.24, 2.45) is 0 Å². The first-order valence-corrected chi connectivity index (χ1v) is 17.0. The van der Waals surface area contributed by atoms with Gasteiger partial charge in [0.05, 0.1) is 34.9 Å². The molecule has 0 aliphatic carbocycles. The van der Waals surface area contributed by atoms with E-state index < -0.39 is 5.97 Å². The average molecular weight is 686 g/mol. The quantitative estimate of drug-likeness (QED) is 0.218. The number of carbonyl (C=O) groups is 1. The van der Waals surface area contributed by atoms with Crippen LogP contribution in [0.1, 0.15) is 45.5 Å². The Bertz CT molecular complexity index is 1910.